The van der Waals surface area contributed by atoms with Gasteiger partial charge in [0.25, 0.3) is 0 Å². The summed E-state index contributed by atoms with van der Waals surface area (Å²) in [5, 5.41) is 15.3. The Bertz CT molecular complexity index is 922. The molecule has 3 fully saturated rings. The van der Waals surface area contributed by atoms with E-state index in [9.17, 15) is 19.5 Å². The number of likely N-dealkylation sites (tertiary alicyclic amines) is 1. The van der Waals surface area contributed by atoms with Crippen molar-refractivity contribution in [1.82, 2.24) is 15.5 Å². The monoisotopic (exact) mass is 457 g/mol. The molecular weight excluding hydrogens is 422 g/mol. The second-order valence-corrected chi connectivity index (χ2v) is 10.2. The highest BCUT2D eigenvalue weighted by Crippen LogP contribution is 2.65. The molecule has 3 N–H and O–H groups in total. The van der Waals surface area contributed by atoms with Crippen LogP contribution in [0.2, 0.25) is 0 Å². The number of aliphatic hydroxyl groups is 1. The van der Waals surface area contributed by atoms with Crippen molar-refractivity contribution >= 4 is 17.7 Å². The van der Waals surface area contributed by atoms with Gasteiger partial charge in [0.05, 0.1) is 17.4 Å². The summed E-state index contributed by atoms with van der Waals surface area (Å²) in [5.41, 5.74) is -0.908. The van der Waals surface area contributed by atoms with Crippen LogP contribution in [-0.4, -0.2) is 64.2 Å². The van der Waals surface area contributed by atoms with Gasteiger partial charge in [-0.1, -0.05) is 37.3 Å². The Morgan fingerprint density at radius 3 is 2.58 bits per heavy atom. The fourth-order valence-corrected chi connectivity index (χ4v) is 6.18. The lowest BCUT2D eigenvalue weighted by Crippen LogP contribution is -2.56. The molecule has 3 saturated heterocycles. The van der Waals surface area contributed by atoms with Crippen LogP contribution in [0.4, 0.5) is 0 Å². The van der Waals surface area contributed by atoms with Gasteiger partial charge in [0.2, 0.25) is 17.7 Å². The van der Waals surface area contributed by atoms with Crippen LogP contribution in [0.15, 0.2) is 30.3 Å². The van der Waals surface area contributed by atoms with Gasteiger partial charge in [-0.2, -0.15) is 0 Å². The Hall–Kier alpha value is -2.45. The average molecular weight is 458 g/mol. The zero-order chi connectivity index (χ0) is 24.0. The van der Waals surface area contributed by atoms with E-state index in [0.29, 0.717) is 19.4 Å². The molecule has 8 nitrogen and oxygen atoms in total. The normalized spacial score (nSPS) is 34.6. The Morgan fingerprint density at radius 2 is 1.94 bits per heavy atom. The van der Waals surface area contributed by atoms with Gasteiger partial charge in [-0.15, -0.1) is 0 Å². The smallest absolute Gasteiger partial charge is 0.246 e. The molecule has 1 aromatic carbocycles. The van der Waals surface area contributed by atoms with E-state index in [1.165, 1.54) is 4.90 Å². The summed E-state index contributed by atoms with van der Waals surface area (Å²) in [5.74, 6) is -2.13. The quantitative estimate of drug-likeness (QED) is 0.544. The molecule has 6 atom stereocenters. The number of carbonyl (C=O) groups excluding carboxylic acids is 3. The number of amides is 3. The SMILES string of the molecule is CC(C)NC(=O)C1N(CCCO)C(=O)[C@@H]2[C@@H](C(=O)NCc3ccccc3)[C@]3(C)OC12CC3C. The third-order valence-corrected chi connectivity index (χ3v) is 7.64. The molecule has 3 aliphatic heterocycles. The third-order valence-electron chi connectivity index (χ3n) is 7.64. The Labute approximate surface area is 195 Å². The minimum Gasteiger partial charge on any atom is -0.396 e. The number of nitrogens with zero attached hydrogens (tertiary/aromatic N) is 1. The molecule has 4 rings (SSSR count). The summed E-state index contributed by atoms with van der Waals surface area (Å²) in [4.78, 5) is 42.1. The summed E-state index contributed by atoms with van der Waals surface area (Å²) < 4.78 is 6.62. The van der Waals surface area contributed by atoms with E-state index in [1.807, 2.05) is 58.0 Å². The summed E-state index contributed by atoms with van der Waals surface area (Å²) in [7, 11) is 0. The zero-order valence-corrected chi connectivity index (χ0v) is 19.8. The highest BCUT2D eigenvalue weighted by Gasteiger charge is 2.79. The number of benzene rings is 1. The average Bonchev–Trinajstić information content (AvgIpc) is 3.27. The summed E-state index contributed by atoms with van der Waals surface area (Å²) in [6, 6.07) is 8.71. The standard InChI is InChI=1S/C25H35N3O5/c1-15(2)27-22(31)20-25-13-16(3)24(4,33-25)18(19(25)23(32)28(20)11-8-12-29)21(30)26-14-17-9-6-5-7-10-17/h5-7,9-10,15-16,18-20,29H,8,11-14H2,1-4H3,(H,26,30)(H,27,31)/t16?,18-,19-,20?,24+,25?/m0/s1. The van der Waals surface area contributed by atoms with Gasteiger partial charge in [-0.25, -0.2) is 0 Å². The number of aliphatic hydroxyl groups excluding tert-OH is 1. The minimum absolute atomic E-state index is 0.00108. The third kappa shape index (κ3) is 3.73. The second kappa shape index (κ2) is 8.72. The minimum atomic E-state index is -1.05. The molecule has 33 heavy (non-hydrogen) atoms. The van der Waals surface area contributed by atoms with Crippen molar-refractivity contribution in [2.75, 3.05) is 13.2 Å². The molecule has 3 unspecified atom stereocenters. The van der Waals surface area contributed by atoms with Gasteiger partial charge in [-0.05, 0) is 45.1 Å². The fourth-order valence-electron chi connectivity index (χ4n) is 6.18. The molecular formula is C25H35N3O5. The Morgan fingerprint density at radius 1 is 1.24 bits per heavy atom. The van der Waals surface area contributed by atoms with E-state index in [0.717, 1.165) is 5.56 Å². The first-order chi connectivity index (χ1) is 15.7. The van der Waals surface area contributed by atoms with Gasteiger partial charge in [0.15, 0.2) is 0 Å². The lowest BCUT2D eigenvalue weighted by Gasteiger charge is -2.36. The van der Waals surface area contributed by atoms with Gasteiger partial charge in [-0.3, -0.25) is 14.4 Å². The van der Waals surface area contributed by atoms with Crippen molar-refractivity contribution in [3.63, 3.8) is 0 Å². The van der Waals surface area contributed by atoms with Gasteiger partial charge in [0.1, 0.15) is 11.6 Å². The predicted molar refractivity (Wildman–Crippen MR) is 122 cm³/mol. The van der Waals surface area contributed by atoms with Crippen molar-refractivity contribution in [2.24, 2.45) is 17.8 Å². The number of carbonyl (C=O) groups is 3. The maximum atomic E-state index is 13.7. The number of hydrogen-bond acceptors (Lipinski definition) is 5. The molecule has 3 amide bonds. The van der Waals surface area contributed by atoms with Crippen LogP contribution < -0.4 is 10.6 Å². The highest BCUT2D eigenvalue weighted by atomic mass is 16.5. The lowest BCUT2D eigenvalue weighted by atomic mass is 9.62. The summed E-state index contributed by atoms with van der Waals surface area (Å²) in [6.07, 6.45) is 0.895. The second-order valence-electron chi connectivity index (χ2n) is 10.2. The Balaban J connectivity index is 1.67. The van der Waals surface area contributed by atoms with E-state index in [1.54, 1.807) is 0 Å². The Kier molecular flexibility index (Phi) is 6.26. The molecule has 0 aliphatic carbocycles. The molecule has 1 spiro atoms. The van der Waals surface area contributed by atoms with Gasteiger partial charge in [0, 0.05) is 25.7 Å². The van der Waals surface area contributed by atoms with E-state index < -0.39 is 29.1 Å². The first kappa shape index (κ1) is 23.7. The van der Waals surface area contributed by atoms with Crippen molar-refractivity contribution in [2.45, 2.75) is 70.4 Å². The molecule has 3 heterocycles. The molecule has 8 heteroatoms. The van der Waals surface area contributed by atoms with Crippen molar-refractivity contribution in [1.29, 1.82) is 0 Å². The van der Waals surface area contributed by atoms with Crippen LogP contribution in [0.1, 0.15) is 46.1 Å². The predicted octanol–water partition coefficient (Wildman–Crippen LogP) is 1.22. The molecule has 0 aromatic heterocycles. The highest BCUT2D eigenvalue weighted by molar-refractivity contribution is 5.99. The summed E-state index contributed by atoms with van der Waals surface area (Å²) in [6.45, 7) is 8.20. The molecule has 180 valence electrons. The summed E-state index contributed by atoms with van der Waals surface area (Å²) >= 11 is 0. The van der Waals surface area contributed by atoms with Crippen molar-refractivity contribution in [3.05, 3.63) is 35.9 Å². The first-order valence-corrected chi connectivity index (χ1v) is 11.9. The van der Waals surface area contributed by atoms with Crippen LogP contribution >= 0.6 is 0 Å². The zero-order valence-electron chi connectivity index (χ0n) is 19.8. The molecule has 0 radical (unpaired) electrons. The number of nitrogens with one attached hydrogen (secondary N) is 2. The van der Waals surface area contributed by atoms with Crippen molar-refractivity contribution in [3.8, 4) is 0 Å². The van der Waals surface area contributed by atoms with E-state index in [2.05, 4.69) is 10.6 Å². The van der Waals surface area contributed by atoms with E-state index in [-0.39, 0.29) is 42.8 Å². The first-order valence-electron chi connectivity index (χ1n) is 11.9. The maximum Gasteiger partial charge on any atom is 0.246 e. The van der Waals surface area contributed by atoms with Gasteiger partial charge >= 0.3 is 0 Å². The maximum absolute atomic E-state index is 13.7. The largest absolute Gasteiger partial charge is 0.396 e. The molecule has 3 aliphatic rings. The van der Waals surface area contributed by atoms with E-state index >= 15 is 0 Å². The van der Waals surface area contributed by atoms with Crippen LogP contribution in [0.5, 0.6) is 0 Å². The number of rotatable bonds is 8. The van der Waals surface area contributed by atoms with Crippen molar-refractivity contribution < 1.29 is 24.2 Å². The van der Waals surface area contributed by atoms with E-state index in [4.69, 9.17) is 4.74 Å². The van der Waals surface area contributed by atoms with Crippen LogP contribution in [0.25, 0.3) is 0 Å². The fraction of sp³-hybridized carbons (Fsp3) is 0.640. The van der Waals surface area contributed by atoms with Crippen LogP contribution in [-0.2, 0) is 25.7 Å². The van der Waals surface area contributed by atoms with Gasteiger partial charge < -0.3 is 25.4 Å². The lowest BCUT2D eigenvalue weighted by molar-refractivity contribution is -0.147. The topological polar surface area (TPSA) is 108 Å². The number of ether oxygens (including phenoxy) is 1. The van der Waals surface area contributed by atoms with Crippen LogP contribution in [0.3, 0.4) is 0 Å². The molecule has 1 aromatic rings. The molecule has 0 saturated carbocycles. The van der Waals surface area contributed by atoms with Crippen LogP contribution in [0, 0.1) is 17.8 Å². The number of hydrogen-bond donors (Lipinski definition) is 3. The molecule has 2 bridgehead atoms. The number of fused-ring (bicyclic) bond motifs is 1.